The number of ether oxygens (including phenoxy) is 1. The fraction of sp³-hybridized carbons (Fsp3) is 0.652. The van der Waals surface area contributed by atoms with Crippen molar-refractivity contribution in [3.05, 3.63) is 23.8 Å². The van der Waals surface area contributed by atoms with Gasteiger partial charge in [-0.1, -0.05) is 52.0 Å². The standard InChI is InChI=1S/C23H34N2O2/c1-3-8-20(9-4-2)25(21-10-6-5-7-11-21)23(26)17-24-19-13-12-18-14-15-27-22(18)16-19/h12-13,16-17,20-21H,3-11,14-15H2,1-2H3/b24-17+. The van der Waals surface area contributed by atoms with E-state index in [0.29, 0.717) is 12.1 Å². The van der Waals surface area contributed by atoms with Crippen molar-refractivity contribution in [1.82, 2.24) is 4.90 Å². The smallest absolute Gasteiger partial charge is 0.265 e. The second-order valence-electron chi connectivity index (χ2n) is 7.92. The van der Waals surface area contributed by atoms with Crippen LogP contribution in [0.2, 0.25) is 0 Å². The largest absolute Gasteiger partial charge is 0.493 e. The second-order valence-corrected chi connectivity index (χ2v) is 7.92. The lowest BCUT2D eigenvalue weighted by Crippen LogP contribution is -2.48. The van der Waals surface area contributed by atoms with Gasteiger partial charge in [0.2, 0.25) is 0 Å². The van der Waals surface area contributed by atoms with Crippen LogP contribution in [0.3, 0.4) is 0 Å². The van der Waals surface area contributed by atoms with Crippen molar-refractivity contribution in [3.8, 4) is 5.75 Å². The predicted molar refractivity (Wildman–Crippen MR) is 111 cm³/mol. The molecule has 1 fully saturated rings. The molecule has 4 heteroatoms. The highest BCUT2D eigenvalue weighted by Crippen LogP contribution is 2.30. The highest BCUT2D eigenvalue weighted by molar-refractivity contribution is 6.26. The number of aliphatic imine (C=N–C) groups is 1. The van der Waals surface area contributed by atoms with Crippen molar-refractivity contribution < 1.29 is 9.53 Å². The Balaban J connectivity index is 1.76. The number of hydrogen-bond acceptors (Lipinski definition) is 3. The minimum absolute atomic E-state index is 0.0789. The maximum atomic E-state index is 13.2. The van der Waals surface area contributed by atoms with Gasteiger partial charge in [-0.05, 0) is 37.3 Å². The summed E-state index contributed by atoms with van der Waals surface area (Å²) in [7, 11) is 0. The van der Waals surface area contributed by atoms with Crippen molar-refractivity contribution in [2.45, 2.75) is 90.1 Å². The van der Waals surface area contributed by atoms with E-state index in [9.17, 15) is 4.79 Å². The van der Waals surface area contributed by atoms with E-state index in [-0.39, 0.29) is 5.91 Å². The molecular formula is C23H34N2O2. The zero-order valence-electron chi connectivity index (χ0n) is 17.0. The number of carbonyl (C=O) groups excluding carboxylic acids is 1. The van der Waals surface area contributed by atoms with Crippen LogP contribution in [0.1, 0.15) is 77.2 Å². The molecule has 1 aliphatic carbocycles. The number of nitrogens with zero attached hydrogens (tertiary/aromatic N) is 2. The summed E-state index contributed by atoms with van der Waals surface area (Å²) in [5.74, 6) is 0.992. The molecule has 0 radical (unpaired) electrons. The van der Waals surface area contributed by atoms with Crippen molar-refractivity contribution in [3.63, 3.8) is 0 Å². The molecule has 0 unspecified atom stereocenters. The molecule has 1 aromatic rings. The first-order valence-corrected chi connectivity index (χ1v) is 10.8. The van der Waals surface area contributed by atoms with E-state index < -0.39 is 0 Å². The van der Waals surface area contributed by atoms with Gasteiger partial charge in [0.25, 0.3) is 5.91 Å². The first-order chi connectivity index (χ1) is 13.2. The lowest BCUT2D eigenvalue weighted by molar-refractivity contribution is -0.129. The Morgan fingerprint density at radius 1 is 1.22 bits per heavy atom. The average Bonchev–Trinajstić information content (AvgIpc) is 3.15. The normalized spacial score (nSPS) is 17.3. The molecule has 148 valence electrons. The summed E-state index contributed by atoms with van der Waals surface area (Å²) in [5.41, 5.74) is 2.03. The minimum Gasteiger partial charge on any atom is -0.493 e. The van der Waals surface area contributed by atoms with Crippen LogP contribution in [0.4, 0.5) is 5.69 Å². The Bertz CT molecular complexity index is 644. The molecular weight excluding hydrogens is 336 g/mol. The molecule has 1 heterocycles. The Kier molecular flexibility index (Phi) is 7.31. The topological polar surface area (TPSA) is 41.9 Å². The maximum Gasteiger partial charge on any atom is 0.265 e. The van der Waals surface area contributed by atoms with Gasteiger partial charge in [0.15, 0.2) is 0 Å². The monoisotopic (exact) mass is 370 g/mol. The van der Waals surface area contributed by atoms with Crippen LogP contribution >= 0.6 is 0 Å². The van der Waals surface area contributed by atoms with E-state index in [1.807, 2.05) is 12.1 Å². The lowest BCUT2D eigenvalue weighted by atomic mass is 9.91. The summed E-state index contributed by atoms with van der Waals surface area (Å²) in [6, 6.07) is 6.72. The molecule has 27 heavy (non-hydrogen) atoms. The molecule has 0 spiro atoms. The van der Waals surface area contributed by atoms with E-state index >= 15 is 0 Å². The summed E-state index contributed by atoms with van der Waals surface area (Å²) in [6.07, 6.45) is 12.9. The number of fused-ring (bicyclic) bond motifs is 1. The third kappa shape index (κ3) is 5.12. The molecule has 0 N–H and O–H groups in total. The maximum absolute atomic E-state index is 13.2. The van der Waals surface area contributed by atoms with Crippen molar-refractivity contribution in [2.75, 3.05) is 6.61 Å². The van der Waals surface area contributed by atoms with Gasteiger partial charge in [0.1, 0.15) is 5.75 Å². The zero-order valence-corrected chi connectivity index (χ0v) is 17.0. The molecule has 4 nitrogen and oxygen atoms in total. The molecule has 0 atom stereocenters. The Morgan fingerprint density at radius 3 is 2.67 bits per heavy atom. The van der Waals surface area contributed by atoms with E-state index in [1.165, 1.54) is 24.8 Å². The van der Waals surface area contributed by atoms with E-state index in [0.717, 1.165) is 63.0 Å². The molecule has 1 aliphatic heterocycles. The summed E-state index contributed by atoms with van der Waals surface area (Å²) in [6.45, 7) is 5.17. The average molecular weight is 371 g/mol. The van der Waals surface area contributed by atoms with Crippen LogP contribution in [0.25, 0.3) is 0 Å². The van der Waals surface area contributed by atoms with Gasteiger partial charge in [-0.3, -0.25) is 9.79 Å². The van der Waals surface area contributed by atoms with Gasteiger partial charge in [0, 0.05) is 24.6 Å². The third-order valence-electron chi connectivity index (χ3n) is 5.86. The van der Waals surface area contributed by atoms with Gasteiger partial charge in [-0.25, -0.2) is 0 Å². The SMILES string of the molecule is CCCC(CCC)N(C(=O)/C=N/c1ccc2c(c1)OCC2)C1CCCCC1. The van der Waals surface area contributed by atoms with Crippen LogP contribution in [0.15, 0.2) is 23.2 Å². The number of amides is 1. The number of rotatable bonds is 8. The van der Waals surface area contributed by atoms with Crippen LogP contribution in [0, 0.1) is 0 Å². The first kappa shape index (κ1) is 19.9. The number of hydrogen-bond donors (Lipinski definition) is 0. The molecule has 1 aromatic carbocycles. The van der Waals surface area contributed by atoms with Crippen LogP contribution < -0.4 is 4.74 Å². The zero-order chi connectivity index (χ0) is 19.1. The Morgan fingerprint density at radius 2 is 1.96 bits per heavy atom. The third-order valence-corrected chi connectivity index (χ3v) is 5.86. The second kappa shape index (κ2) is 9.91. The van der Waals surface area contributed by atoms with Gasteiger partial charge in [-0.2, -0.15) is 0 Å². The quantitative estimate of drug-likeness (QED) is 0.571. The molecule has 1 amide bonds. The van der Waals surface area contributed by atoms with E-state index in [1.54, 1.807) is 6.21 Å². The van der Waals surface area contributed by atoms with Crippen LogP contribution in [-0.4, -0.2) is 35.7 Å². The molecule has 1 saturated carbocycles. The number of benzene rings is 1. The fourth-order valence-corrected chi connectivity index (χ4v) is 4.54. The van der Waals surface area contributed by atoms with Crippen molar-refractivity contribution in [1.29, 1.82) is 0 Å². The van der Waals surface area contributed by atoms with Gasteiger partial charge in [-0.15, -0.1) is 0 Å². The highest BCUT2D eigenvalue weighted by atomic mass is 16.5. The van der Waals surface area contributed by atoms with Gasteiger partial charge in [0.05, 0.1) is 18.5 Å². The van der Waals surface area contributed by atoms with Crippen LogP contribution in [-0.2, 0) is 11.2 Å². The molecule has 0 saturated heterocycles. The predicted octanol–water partition coefficient (Wildman–Crippen LogP) is 5.45. The fourth-order valence-electron chi connectivity index (χ4n) is 4.54. The van der Waals surface area contributed by atoms with Gasteiger partial charge < -0.3 is 9.64 Å². The molecule has 0 aromatic heterocycles. The molecule has 0 bridgehead atoms. The summed E-state index contributed by atoms with van der Waals surface area (Å²) in [4.78, 5) is 19.9. The summed E-state index contributed by atoms with van der Waals surface area (Å²) < 4.78 is 5.62. The van der Waals surface area contributed by atoms with E-state index in [2.05, 4.69) is 29.8 Å². The van der Waals surface area contributed by atoms with Gasteiger partial charge >= 0.3 is 0 Å². The number of carbonyl (C=O) groups is 1. The summed E-state index contributed by atoms with van der Waals surface area (Å²) in [5, 5.41) is 0. The van der Waals surface area contributed by atoms with Crippen LogP contribution in [0.5, 0.6) is 5.75 Å². The minimum atomic E-state index is 0.0789. The summed E-state index contributed by atoms with van der Waals surface area (Å²) >= 11 is 0. The van der Waals surface area contributed by atoms with Crippen molar-refractivity contribution in [2.24, 2.45) is 4.99 Å². The Hall–Kier alpha value is -1.84. The Labute approximate surface area is 164 Å². The highest BCUT2D eigenvalue weighted by Gasteiger charge is 2.30. The molecule has 2 aliphatic rings. The molecule has 3 rings (SSSR count). The van der Waals surface area contributed by atoms with Crippen molar-refractivity contribution >= 4 is 17.8 Å². The lowest BCUT2D eigenvalue weighted by Gasteiger charge is -2.39. The van der Waals surface area contributed by atoms with E-state index in [4.69, 9.17) is 4.74 Å². The first-order valence-electron chi connectivity index (χ1n) is 10.8.